The van der Waals surface area contributed by atoms with Crippen LogP contribution in [-0.2, 0) is 4.74 Å². The van der Waals surface area contributed by atoms with Crippen LogP contribution in [-0.4, -0.2) is 12.2 Å². The van der Waals surface area contributed by atoms with Crippen LogP contribution < -0.4 is 0 Å². The van der Waals surface area contributed by atoms with Crippen molar-refractivity contribution < 1.29 is 4.74 Å². The van der Waals surface area contributed by atoms with Gasteiger partial charge in [0.25, 0.3) is 0 Å². The first kappa shape index (κ1) is 12.4. The van der Waals surface area contributed by atoms with Crippen molar-refractivity contribution >= 4 is 0 Å². The smallest absolute Gasteiger partial charge is 0.0660 e. The highest BCUT2D eigenvalue weighted by Gasteiger charge is 2.14. The third kappa shape index (κ3) is 7.79. The van der Waals surface area contributed by atoms with Crippen LogP contribution in [0.2, 0.25) is 0 Å². The Labute approximate surface area is 82.5 Å². The highest BCUT2D eigenvalue weighted by molar-refractivity contribution is 5.08. The number of hydrogen-bond donors (Lipinski definition) is 0. The molecule has 0 unspecified atom stereocenters. The molecule has 0 fully saturated rings. The summed E-state index contributed by atoms with van der Waals surface area (Å²) in [5.74, 6) is 0. The minimum absolute atomic E-state index is 0.0270. The van der Waals surface area contributed by atoms with E-state index in [2.05, 4.69) is 45.9 Å². The first-order valence-corrected chi connectivity index (χ1v) is 4.92. The topological polar surface area (TPSA) is 9.23 Å². The lowest BCUT2D eigenvalue weighted by Gasteiger charge is -2.22. The van der Waals surface area contributed by atoms with E-state index < -0.39 is 0 Å². The van der Waals surface area contributed by atoms with Crippen molar-refractivity contribution in [2.75, 3.05) is 6.61 Å². The maximum Gasteiger partial charge on any atom is 0.0660 e. The quantitative estimate of drug-likeness (QED) is 0.589. The van der Waals surface area contributed by atoms with Gasteiger partial charge >= 0.3 is 0 Å². The van der Waals surface area contributed by atoms with Crippen molar-refractivity contribution in [3.8, 4) is 0 Å². The second-order valence-corrected chi connectivity index (χ2v) is 4.07. The van der Waals surface area contributed by atoms with Crippen molar-refractivity contribution in [1.29, 1.82) is 0 Å². The van der Waals surface area contributed by atoms with Crippen LogP contribution in [0.5, 0.6) is 0 Å². The highest BCUT2D eigenvalue weighted by atomic mass is 16.5. The molecule has 13 heavy (non-hydrogen) atoms. The molecule has 1 heteroatoms. The molecule has 0 spiro atoms. The average molecular weight is 182 g/mol. The van der Waals surface area contributed by atoms with E-state index in [0.717, 1.165) is 13.0 Å². The molecule has 0 bridgehead atoms. The molecule has 0 N–H and O–H groups in total. The minimum atomic E-state index is -0.0270. The molecule has 0 aromatic heterocycles. The van der Waals surface area contributed by atoms with Gasteiger partial charge in [-0.25, -0.2) is 0 Å². The Morgan fingerprint density at radius 2 is 1.92 bits per heavy atom. The van der Waals surface area contributed by atoms with Crippen molar-refractivity contribution in [3.05, 3.63) is 23.8 Å². The Hall–Kier alpha value is -0.560. The van der Waals surface area contributed by atoms with E-state index in [1.807, 2.05) is 6.92 Å². The molecular formula is C12H22O. The molecule has 0 heterocycles. The summed E-state index contributed by atoms with van der Waals surface area (Å²) < 4.78 is 5.56. The molecule has 0 saturated heterocycles. The van der Waals surface area contributed by atoms with Gasteiger partial charge < -0.3 is 4.74 Å². The van der Waals surface area contributed by atoms with E-state index in [0.29, 0.717) is 0 Å². The maximum absolute atomic E-state index is 5.56. The molecule has 0 radical (unpaired) electrons. The van der Waals surface area contributed by atoms with E-state index >= 15 is 0 Å². The fourth-order valence-electron chi connectivity index (χ4n) is 1.06. The Bertz CT molecular complexity index is 183. The zero-order valence-corrected chi connectivity index (χ0v) is 9.55. The van der Waals surface area contributed by atoms with E-state index in [1.54, 1.807) is 0 Å². The van der Waals surface area contributed by atoms with Gasteiger partial charge in [-0.05, 0) is 41.0 Å². The SMILES string of the molecule is CCOC(C)(C)C/C=C/C=C(C)C. The van der Waals surface area contributed by atoms with Gasteiger partial charge in [0.1, 0.15) is 0 Å². The summed E-state index contributed by atoms with van der Waals surface area (Å²) in [5.41, 5.74) is 1.30. The molecule has 0 atom stereocenters. The van der Waals surface area contributed by atoms with Crippen LogP contribution >= 0.6 is 0 Å². The normalized spacial score (nSPS) is 12.1. The van der Waals surface area contributed by atoms with Gasteiger partial charge in [0.05, 0.1) is 5.60 Å². The molecular weight excluding hydrogens is 160 g/mol. The van der Waals surface area contributed by atoms with E-state index in [1.165, 1.54) is 5.57 Å². The van der Waals surface area contributed by atoms with Gasteiger partial charge in [-0.1, -0.05) is 23.8 Å². The van der Waals surface area contributed by atoms with Crippen LogP contribution in [0.4, 0.5) is 0 Å². The number of ether oxygens (including phenoxy) is 1. The van der Waals surface area contributed by atoms with Crippen LogP contribution in [0.1, 0.15) is 41.0 Å². The van der Waals surface area contributed by atoms with Crippen LogP contribution in [0.15, 0.2) is 23.8 Å². The Balaban J connectivity index is 3.86. The van der Waals surface area contributed by atoms with Crippen LogP contribution in [0, 0.1) is 0 Å². The molecule has 0 amide bonds. The number of allylic oxidation sites excluding steroid dienone is 3. The minimum Gasteiger partial charge on any atom is -0.376 e. The van der Waals surface area contributed by atoms with Crippen molar-refractivity contribution in [2.45, 2.75) is 46.6 Å². The van der Waals surface area contributed by atoms with E-state index in [9.17, 15) is 0 Å². The van der Waals surface area contributed by atoms with Crippen molar-refractivity contribution in [3.63, 3.8) is 0 Å². The van der Waals surface area contributed by atoms with Gasteiger partial charge in [-0.2, -0.15) is 0 Å². The summed E-state index contributed by atoms with van der Waals surface area (Å²) in [6.07, 6.45) is 7.32. The van der Waals surface area contributed by atoms with Crippen molar-refractivity contribution in [2.24, 2.45) is 0 Å². The summed E-state index contributed by atoms with van der Waals surface area (Å²) in [5, 5.41) is 0. The maximum atomic E-state index is 5.56. The fourth-order valence-corrected chi connectivity index (χ4v) is 1.06. The third-order valence-corrected chi connectivity index (χ3v) is 1.71. The van der Waals surface area contributed by atoms with Gasteiger partial charge in [0.2, 0.25) is 0 Å². The summed E-state index contributed by atoms with van der Waals surface area (Å²) >= 11 is 0. The molecule has 0 aliphatic carbocycles. The molecule has 76 valence electrons. The second kappa shape index (κ2) is 5.98. The van der Waals surface area contributed by atoms with E-state index in [-0.39, 0.29) is 5.60 Å². The highest BCUT2D eigenvalue weighted by Crippen LogP contribution is 2.14. The lowest BCUT2D eigenvalue weighted by molar-refractivity contribution is -0.00732. The largest absolute Gasteiger partial charge is 0.376 e. The standard InChI is InChI=1S/C12H22O/c1-6-13-12(4,5)10-8-7-9-11(2)3/h7-9H,6,10H2,1-5H3/b8-7+. The zero-order valence-electron chi connectivity index (χ0n) is 9.55. The molecule has 0 aromatic carbocycles. The van der Waals surface area contributed by atoms with E-state index in [4.69, 9.17) is 4.74 Å². The molecule has 0 rings (SSSR count). The van der Waals surface area contributed by atoms with Crippen LogP contribution in [0.25, 0.3) is 0 Å². The molecule has 0 aromatic rings. The van der Waals surface area contributed by atoms with Crippen LogP contribution in [0.3, 0.4) is 0 Å². The van der Waals surface area contributed by atoms with Gasteiger partial charge in [-0.15, -0.1) is 0 Å². The van der Waals surface area contributed by atoms with Crippen molar-refractivity contribution in [1.82, 2.24) is 0 Å². The summed E-state index contributed by atoms with van der Waals surface area (Å²) in [6.45, 7) is 11.2. The third-order valence-electron chi connectivity index (χ3n) is 1.71. The average Bonchev–Trinajstić information content (AvgIpc) is 1.98. The Kier molecular flexibility index (Phi) is 5.72. The molecule has 1 nitrogen and oxygen atoms in total. The molecule has 0 aliphatic heterocycles. The number of rotatable bonds is 5. The second-order valence-electron chi connectivity index (χ2n) is 4.07. The zero-order chi connectivity index (χ0) is 10.3. The van der Waals surface area contributed by atoms with Gasteiger partial charge in [0, 0.05) is 6.61 Å². The fraction of sp³-hybridized carbons (Fsp3) is 0.667. The van der Waals surface area contributed by atoms with Gasteiger partial charge in [0.15, 0.2) is 0 Å². The predicted molar refractivity (Wildman–Crippen MR) is 58.9 cm³/mol. The summed E-state index contributed by atoms with van der Waals surface area (Å²) in [4.78, 5) is 0. The Morgan fingerprint density at radius 1 is 1.31 bits per heavy atom. The predicted octanol–water partition coefficient (Wildman–Crippen LogP) is 3.71. The molecule has 0 aliphatic rings. The first-order valence-electron chi connectivity index (χ1n) is 4.92. The lowest BCUT2D eigenvalue weighted by atomic mass is 10.0. The van der Waals surface area contributed by atoms with Gasteiger partial charge in [-0.3, -0.25) is 0 Å². The molecule has 0 saturated carbocycles. The lowest BCUT2D eigenvalue weighted by Crippen LogP contribution is -2.23. The monoisotopic (exact) mass is 182 g/mol. The number of hydrogen-bond acceptors (Lipinski definition) is 1. The summed E-state index contributed by atoms with van der Waals surface area (Å²) in [7, 11) is 0. The Morgan fingerprint density at radius 3 is 2.38 bits per heavy atom. The summed E-state index contributed by atoms with van der Waals surface area (Å²) in [6, 6.07) is 0. The first-order chi connectivity index (χ1) is 5.98.